The average molecular weight is 261 g/mol. The molecule has 0 atom stereocenters. The molecule has 3 N–H and O–H groups in total. The van der Waals surface area contributed by atoms with Gasteiger partial charge in [-0.25, -0.2) is 0 Å². The van der Waals surface area contributed by atoms with Crippen LogP contribution >= 0.6 is 0 Å². The maximum atomic E-state index is 10.7. The predicted molar refractivity (Wildman–Crippen MR) is 78.5 cm³/mol. The highest BCUT2D eigenvalue weighted by molar-refractivity contribution is 5.72. The average Bonchev–Trinajstić information content (AvgIpc) is 2.84. The molecule has 1 aliphatic heterocycles. The SMILES string of the molecule is CC(=O)NCCCNCCc1ccc2c(c1)CCN2. The molecule has 2 rings (SSSR count). The van der Waals surface area contributed by atoms with Crippen LogP contribution in [0.25, 0.3) is 0 Å². The molecule has 0 saturated carbocycles. The fraction of sp³-hybridized carbons (Fsp3) is 0.533. The first-order chi connectivity index (χ1) is 9.25. The van der Waals surface area contributed by atoms with Gasteiger partial charge in [-0.15, -0.1) is 0 Å². The molecule has 1 heterocycles. The minimum Gasteiger partial charge on any atom is -0.384 e. The van der Waals surface area contributed by atoms with E-state index in [9.17, 15) is 4.79 Å². The van der Waals surface area contributed by atoms with Gasteiger partial charge in [0.1, 0.15) is 0 Å². The van der Waals surface area contributed by atoms with Crippen LogP contribution in [-0.4, -0.2) is 32.1 Å². The molecule has 0 spiro atoms. The van der Waals surface area contributed by atoms with Crippen molar-refractivity contribution >= 4 is 11.6 Å². The standard InChI is InChI=1S/C15H23N3O/c1-12(19)17-8-2-7-16-9-5-13-3-4-15-14(11-13)6-10-18-15/h3-4,11,16,18H,2,5-10H2,1H3,(H,17,19). The first-order valence-electron chi connectivity index (χ1n) is 7.06. The molecule has 1 aliphatic rings. The van der Waals surface area contributed by atoms with Gasteiger partial charge in [0.2, 0.25) is 5.91 Å². The molecule has 104 valence electrons. The molecule has 0 fully saturated rings. The van der Waals surface area contributed by atoms with Gasteiger partial charge in [0.15, 0.2) is 0 Å². The summed E-state index contributed by atoms with van der Waals surface area (Å²) in [5, 5.41) is 9.58. The summed E-state index contributed by atoms with van der Waals surface area (Å²) in [6, 6.07) is 6.71. The number of hydrogen-bond acceptors (Lipinski definition) is 3. The Morgan fingerprint density at radius 2 is 2.21 bits per heavy atom. The zero-order valence-electron chi connectivity index (χ0n) is 11.6. The lowest BCUT2D eigenvalue weighted by atomic mass is 10.1. The van der Waals surface area contributed by atoms with E-state index in [4.69, 9.17) is 0 Å². The highest BCUT2D eigenvalue weighted by Gasteiger charge is 2.09. The number of hydrogen-bond donors (Lipinski definition) is 3. The van der Waals surface area contributed by atoms with Gasteiger partial charge in [-0.3, -0.25) is 4.79 Å². The number of carbonyl (C=O) groups is 1. The molecule has 0 unspecified atom stereocenters. The van der Waals surface area contributed by atoms with Crippen LogP contribution < -0.4 is 16.0 Å². The van der Waals surface area contributed by atoms with Gasteiger partial charge in [0.05, 0.1) is 0 Å². The lowest BCUT2D eigenvalue weighted by molar-refractivity contribution is -0.118. The Labute approximate surface area is 115 Å². The minimum absolute atomic E-state index is 0.0479. The van der Waals surface area contributed by atoms with Crippen LogP contribution in [0.15, 0.2) is 18.2 Å². The van der Waals surface area contributed by atoms with Crippen molar-refractivity contribution in [1.29, 1.82) is 0 Å². The molecule has 0 aromatic heterocycles. The van der Waals surface area contributed by atoms with E-state index in [-0.39, 0.29) is 5.91 Å². The third-order valence-electron chi connectivity index (χ3n) is 3.37. The minimum atomic E-state index is 0.0479. The van der Waals surface area contributed by atoms with E-state index in [0.29, 0.717) is 0 Å². The van der Waals surface area contributed by atoms with Gasteiger partial charge in [-0.1, -0.05) is 12.1 Å². The van der Waals surface area contributed by atoms with Crippen LogP contribution in [0, 0.1) is 0 Å². The number of amides is 1. The zero-order chi connectivity index (χ0) is 13.5. The van der Waals surface area contributed by atoms with Crippen molar-refractivity contribution in [3.63, 3.8) is 0 Å². The summed E-state index contributed by atoms with van der Waals surface area (Å²) >= 11 is 0. The van der Waals surface area contributed by atoms with Crippen molar-refractivity contribution in [3.8, 4) is 0 Å². The van der Waals surface area contributed by atoms with Gasteiger partial charge in [-0.05, 0) is 49.5 Å². The van der Waals surface area contributed by atoms with Gasteiger partial charge < -0.3 is 16.0 Å². The summed E-state index contributed by atoms with van der Waals surface area (Å²) in [7, 11) is 0. The second-order valence-electron chi connectivity index (χ2n) is 5.00. The van der Waals surface area contributed by atoms with Crippen molar-refractivity contribution in [2.75, 3.05) is 31.5 Å². The summed E-state index contributed by atoms with van der Waals surface area (Å²) < 4.78 is 0. The Hall–Kier alpha value is -1.55. The summed E-state index contributed by atoms with van der Waals surface area (Å²) in [5.41, 5.74) is 4.15. The van der Waals surface area contributed by atoms with Gasteiger partial charge in [-0.2, -0.15) is 0 Å². The molecular formula is C15H23N3O. The third-order valence-corrected chi connectivity index (χ3v) is 3.37. The largest absolute Gasteiger partial charge is 0.384 e. The number of fused-ring (bicyclic) bond motifs is 1. The Morgan fingerprint density at radius 1 is 1.32 bits per heavy atom. The number of carbonyl (C=O) groups excluding carboxylic acids is 1. The van der Waals surface area contributed by atoms with E-state index in [1.54, 1.807) is 6.92 Å². The van der Waals surface area contributed by atoms with E-state index in [1.807, 2.05) is 0 Å². The molecule has 0 saturated heterocycles. The molecule has 0 aliphatic carbocycles. The Morgan fingerprint density at radius 3 is 3.05 bits per heavy atom. The number of nitrogens with one attached hydrogen (secondary N) is 3. The van der Waals surface area contributed by atoms with Crippen LogP contribution in [0.1, 0.15) is 24.5 Å². The maximum Gasteiger partial charge on any atom is 0.216 e. The normalized spacial score (nSPS) is 12.9. The van der Waals surface area contributed by atoms with Crippen molar-refractivity contribution in [2.45, 2.75) is 26.2 Å². The van der Waals surface area contributed by atoms with E-state index < -0.39 is 0 Å². The van der Waals surface area contributed by atoms with Crippen molar-refractivity contribution < 1.29 is 4.79 Å². The summed E-state index contributed by atoms with van der Waals surface area (Å²) in [6.07, 6.45) is 3.19. The molecule has 1 aromatic rings. The van der Waals surface area contributed by atoms with Crippen molar-refractivity contribution in [3.05, 3.63) is 29.3 Å². The Balaban J connectivity index is 1.59. The molecular weight excluding hydrogens is 238 g/mol. The number of anilines is 1. The van der Waals surface area contributed by atoms with E-state index in [1.165, 1.54) is 16.8 Å². The van der Waals surface area contributed by atoms with Crippen LogP contribution in [0.2, 0.25) is 0 Å². The van der Waals surface area contributed by atoms with E-state index in [0.717, 1.165) is 45.4 Å². The first kappa shape index (κ1) is 13.9. The van der Waals surface area contributed by atoms with Crippen LogP contribution in [-0.2, 0) is 17.6 Å². The van der Waals surface area contributed by atoms with Gasteiger partial charge in [0, 0.05) is 25.7 Å². The third kappa shape index (κ3) is 4.56. The molecule has 1 aromatic carbocycles. The quantitative estimate of drug-likeness (QED) is 0.649. The molecule has 19 heavy (non-hydrogen) atoms. The smallest absolute Gasteiger partial charge is 0.216 e. The molecule has 4 heteroatoms. The zero-order valence-corrected chi connectivity index (χ0v) is 11.6. The topological polar surface area (TPSA) is 53.2 Å². The Bertz CT molecular complexity index is 431. The molecule has 0 radical (unpaired) electrons. The van der Waals surface area contributed by atoms with Crippen LogP contribution in [0.5, 0.6) is 0 Å². The lowest BCUT2D eigenvalue weighted by Gasteiger charge is -2.07. The highest BCUT2D eigenvalue weighted by atomic mass is 16.1. The maximum absolute atomic E-state index is 10.7. The molecule has 0 bridgehead atoms. The first-order valence-corrected chi connectivity index (χ1v) is 7.06. The fourth-order valence-electron chi connectivity index (χ4n) is 2.35. The van der Waals surface area contributed by atoms with E-state index >= 15 is 0 Å². The highest BCUT2D eigenvalue weighted by Crippen LogP contribution is 2.22. The monoisotopic (exact) mass is 261 g/mol. The van der Waals surface area contributed by atoms with Gasteiger partial charge in [0.25, 0.3) is 0 Å². The second kappa shape index (κ2) is 7.14. The lowest BCUT2D eigenvalue weighted by Crippen LogP contribution is -2.26. The summed E-state index contributed by atoms with van der Waals surface area (Å²) in [5.74, 6) is 0.0479. The summed E-state index contributed by atoms with van der Waals surface area (Å²) in [4.78, 5) is 10.7. The number of rotatable bonds is 7. The summed E-state index contributed by atoms with van der Waals surface area (Å²) in [6.45, 7) is 5.32. The van der Waals surface area contributed by atoms with Crippen molar-refractivity contribution in [1.82, 2.24) is 10.6 Å². The number of benzene rings is 1. The van der Waals surface area contributed by atoms with Crippen LogP contribution in [0.4, 0.5) is 5.69 Å². The van der Waals surface area contributed by atoms with E-state index in [2.05, 4.69) is 34.1 Å². The fourth-order valence-corrected chi connectivity index (χ4v) is 2.35. The van der Waals surface area contributed by atoms with Crippen LogP contribution in [0.3, 0.4) is 0 Å². The second-order valence-corrected chi connectivity index (χ2v) is 5.00. The molecule has 4 nitrogen and oxygen atoms in total. The Kier molecular flexibility index (Phi) is 5.21. The van der Waals surface area contributed by atoms with Gasteiger partial charge >= 0.3 is 0 Å². The molecule has 1 amide bonds. The predicted octanol–water partition coefficient (Wildman–Crippen LogP) is 1.31. The van der Waals surface area contributed by atoms with Crippen molar-refractivity contribution in [2.24, 2.45) is 0 Å².